The van der Waals surface area contributed by atoms with Crippen molar-refractivity contribution in [1.82, 2.24) is 9.80 Å². The van der Waals surface area contributed by atoms with Gasteiger partial charge in [0.2, 0.25) is 5.91 Å². The second kappa shape index (κ2) is 11.7. The zero-order valence-corrected chi connectivity index (χ0v) is 23.9. The molecule has 5 nitrogen and oxygen atoms in total. The molecule has 1 saturated heterocycles. The van der Waals surface area contributed by atoms with E-state index in [1.54, 1.807) is 24.0 Å². The summed E-state index contributed by atoms with van der Waals surface area (Å²) in [6.45, 7) is 9.41. The van der Waals surface area contributed by atoms with E-state index >= 15 is 0 Å². The third kappa shape index (κ3) is 6.56. The molecule has 206 valence electrons. The average molecular weight is 530 g/mol. The first kappa shape index (κ1) is 28.5. The van der Waals surface area contributed by atoms with E-state index < -0.39 is 17.8 Å². The Bertz CT molecular complexity index is 1310. The highest BCUT2D eigenvalue weighted by Crippen LogP contribution is 2.39. The molecule has 3 aromatic carbocycles. The third-order valence-electron chi connectivity index (χ3n) is 7.48. The van der Waals surface area contributed by atoms with Crippen LogP contribution in [0.1, 0.15) is 72.3 Å². The van der Waals surface area contributed by atoms with Gasteiger partial charge < -0.3 is 15.1 Å². The predicted molar refractivity (Wildman–Crippen MR) is 155 cm³/mol. The lowest BCUT2D eigenvalue weighted by Gasteiger charge is -2.41. The summed E-state index contributed by atoms with van der Waals surface area (Å²) < 4.78 is 14.9. The lowest BCUT2D eigenvalue weighted by atomic mass is 9.82. The molecule has 1 fully saturated rings. The zero-order chi connectivity index (χ0) is 28.3. The van der Waals surface area contributed by atoms with Gasteiger partial charge in [0, 0.05) is 18.8 Å². The number of amides is 2. The smallest absolute Gasteiger partial charge is 0.257 e. The van der Waals surface area contributed by atoms with Gasteiger partial charge in [-0.05, 0) is 79.7 Å². The van der Waals surface area contributed by atoms with Gasteiger partial charge in [-0.2, -0.15) is 0 Å². The largest absolute Gasteiger partial charge is 0.331 e. The van der Waals surface area contributed by atoms with Crippen LogP contribution in [0, 0.1) is 18.7 Å². The Morgan fingerprint density at radius 2 is 1.72 bits per heavy atom. The normalized spacial score (nSPS) is 17.8. The van der Waals surface area contributed by atoms with Gasteiger partial charge >= 0.3 is 0 Å². The first-order valence-corrected chi connectivity index (χ1v) is 13.7. The van der Waals surface area contributed by atoms with Gasteiger partial charge in [0.05, 0.1) is 17.5 Å². The molecule has 1 aliphatic rings. The fraction of sp³-hybridized carbons (Fsp3) is 0.394. The van der Waals surface area contributed by atoms with E-state index in [0.29, 0.717) is 24.9 Å². The number of benzene rings is 3. The maximum absolute atomic E-state index is 14.9. The van der Waals surface area contributed by atoms with Gasteiger partial charge in [-0.15, -0.1) is 0 Å². The number of nitrogens with zero attached hydrogens (tertiary/aromatic N) is 2. The number of rotatable bonds is 6. The summed E-state index contributed by atoms with van der Waals surface area (Å²) in [5.41, 5.74) is 4.50. The topological polar surface area (TPSA) is 52.7 Å². The van der Waals surface area contributed by atoms with E-state index in [9.17, 15) is 14.0 Å². The number of hydrogen-bond acceptors (Lipinski definition) is 3. The summed E-state index contributed by atoms with van der Waals surface area (Å²) >= 11 is 0. The van der Waals surface area contributed by atoms with Crippen LogP contribution in [-0.2, 0) is 16.8 Å². The predicted octanol–water partition coefficient (Wildman–Crippen LogP) is 6.73. The van der Waals surface area contributed by atoms with Crippen molar-refractivity contribution in [3.05, 3.63) is 100 Å². The van der Waals surface area contributed by atoms with Gasteiger partial charge in [-0.3, -0.25) is 9.59 Å². The number of likely N-dealkylation sites (tertiary alicyclic amines) is 1. The number of halogens is 1. The van der Waals surface area contributed by atoms with Crippen LogP contribution in [0.3, 0.4) is 0 Å². The van der Waals surface area contributed by atoms with Crippen LogP contribution in [0.25, 0.3) is 0 Å². The van der Waals surface area contributed by atoms with Crippen molar-refractivity contribution >= 4 is 17.5 Å². The maximum Gasteiger partial charge on any atom is 0.257 e. The lowest BCUT2D eigenvalue weighted by Crippen LogP contribution is -2.46. The molecular weight excluding hydrogens is 489 g/mol. The quantitative estimate of drug-likeness (QED) is 0.385. The summed E-state index contributed by atoms with van der Waals surface area (Å²) in [6, 6.07) is 20.2. The minimum atomic E-state index is -0.536. The van der Waals surface area contributed by atoms with E-state index in [1.165, 1.54) is 6.07 Å². The van der Waals surface area contributed by atoms with E-state index in [2.05, 4.69) is 37.1 Å². The number of carbonyl (C=O) groups excluding carboxylic acids is 2. The van der Waals surface area contributed by atoms with E-state index in [4.69, 9.17) is 0 Å². The van der Waals surface area contributed by atoms with Crippen LogP contribution >= 0.6 is 0 Å². The van der Waals surface area contributed by atoms with Crippen molar-refractivity contribution in [1.29, 1.82) is 0 Å². The number of anilines is 1. The molecule has 0 bridgehead atoms. The zero-order valence-electron chi connectivity index (χ0n) is 23.9. The summed E-state index contributed by atoms with van der Waals surface area (Å²) in [6.07, 6.45) is 1.30. The highest BCUT2D eigenvalue weighted by molar-refractivity contribution is 5.98. The minimum Gasteiger partial charge on any atom is -0.331 e. The monoisotopic (exact) mass is 529 g/mol. The fourth-order valence-electron chi connectivity index (χ4n) is 5.44. The second-order valence-corrected chi connectivity index (χ2v) is 11.9. The Morgan fingerprint density at radius 3 is 2.36 bits per heavy atom. The van der Waals surface area contributed by atoms with Crippen molar-refractivity contribution in [2.45, 2.75) is 58.5 Å². The number of piperidine rings is 1. The molecule has 1 aliphatic heterocycles. The third-order valence-corrected chi connectivity index (χ3v) is 7.48. The standard InChI is InChI=1S/C33H40FN3O2/c1-22-10-7-14-28(34)29(22)32(39)37-19-9-13-27(30(37)24-17-15-23(16-18-24)21-36(5)6)31(38)35-26-12-8-11-25(20-26)33(2,3)4/h7-8,10-12,14-18,20,27,30H,9,13,19,21H2,1-6H3,(H,35,38). The van der Waals surface area contributed by atoms with Gasteiger partial charge in [0.1, 0.15) is 5.82 Å². The molecule has 0 saturated carbocycles. The van der Waals surface area contributed by atoms with Gasteiger partial charge in [0.15, 0.2) is 0 Å². The number of nitrogens with one attached hydrogen (secondary N) is 1. The van der Waals surface area contributed by atoms with Crippen LogP contribution in [0.15, 0.2) is 66.7 Å². The number of hydrogen-bond donors (Lipinski definition) is 1. The SMILES string of the molecule is Cc1cccc(F)c1C(=O)N1CCCC(C(=O)Nc2cccc(C(C)(C)C)c2)C1c1ccc(CN(C)C)cc1. The van der Waals surface area contributed by atoms with E-state index in [1.807, 2.05) is 56.6 Å². The maximum atomic E-state index is 14.9. The number of aryl methyl sites for hydroxylation is 1. The van der Waals surface area contributed by atoms with Crippen molar-refractivity contribution in [2.75, 3.05) is 26.0 Å². The molecule has 2 unspecified atom stereocenters. The molecule has 39 heavy (non-hydrogen) atoms. The Balaban J connectivity index is 1.71. The second-order valence-electron chi connectivity index (χ2n) is 11.9. The molecule has 6 heteroatoms. The molecule has 0 radical (unpaired) electrons. The number of carbonyl (C=O) groups is 2. The van der Waals surface area contributed by atoms with Crippen molar-refractivity contribution in [3.8, 4) is 0 Å². The molecular formula is C33H40FN3O2. The molecule has 0 spiro atoms. The van der Waals surface area contributed by atoms with Gasteiger partial charge in [0.25, 0.3) is 5.91 Å². The average Bonchev–Trinajstić information content (AvgIpc) is 2.88. The Labute approximate surface area is 232 Å². The highest BCUT2D eigenvalue weighted by Gasteiger charge is 2.40. The summed E-state index contributed by atoms with van der Waals surface area (Å²) in [7, 11) is 4.03. The first-order valence-electron chi connectivity index (χ1n) is 13.7. The van der Waals surface area contributed by atoms with Gasteiger partial charge in [-0.25, -0.2) is 4.39 Å². The molecule has 3 aromatic rings. The first-order chi connectivity index (χ1) is 18.5. The van der Waals surface area contributed by atoms with Crippen molar-refractivity contribution in [3.63, 3.8) is 0 Å². The molecule has 2 atom stereocenters. The highest BCUT2D eigenvalue weighted by atomic mass is 19.1. The molecule has 4 rings (SSSR count). The van der Waals surface area contributed by atoms with Gasteiger partial charge in [-0.1, -0.05) is 69.3 Å². The Kier molecular flexibility index (Phi) is 8.55. The van der Waals surface area contributed by atoms with Crippen molar-refractivity contribution < 1.29 is 14.0 Å². The van der Waals surface area contributed by atoms with Crippen LogP contribution in [0.5, 0.6) is 0 Å². The molecule has 1 N–H and O–H groups in total. The van der Waals surface area contributed by atoms with Crippen LogP contribution in [0.4, 0.5) is 10.1 Å². The lowest BCUT2D eigenvalue weighted by molar-refractivity contribution is -0.123. The molecule has 0 aromatic heterocycles. The summed E-state index contributed by atoms with van der Waals surface area (Å²) in [5.74, 6) is -1.52. The van der Waals surface area contributed by atoms with E-state index in [-0.39, 0.29) is 22.8 Å². The fourth-order valence-corrected chi connectivity index (χ4v) is 5.44. The Hall–Kier alpha value is -3.51. The van der Waals surface area contributed by atoms with Crippen molar-refractivity contribution in [2.24, 2.45) is 5.92 Å². The summed E-state index contributed by atoms with van der Waals surface area (Å²) in [5, 5.41) is 3.13. The Morgan fingerprint density at radius 1 is 1.03 bits per heavy atom. The molecule has 1 heterocycles. The molecule has 0 aliphatic carbocycles. The molecule has 2 amide bonds. The van der Waals surface area contributed by atoms with Crippen LogP contribution in [-0.4, -0.2) is 42.3 Å². The van der Waals surface area contributed by atoms with E-state index in [0.717, 1.165) is 28.9 Å². The van der Waals surface area contributed by atoms with Crippen LogP contribution in [0.2, 0.25) is 0 Å². The summed E-state index contributed by atoms with van der Waals surface area (Å²) in [4.78, 5) is 31.5. The minimum absolute atomic E-state index is 0.0523. The van der Waals surface area contributed by atoms with Crippen LogP contribution < -0.4 is 5.32 Å².